The number of hydrogen-bond donors (Lipinski definition) is 3. The van der Waals surface area contributed by atoms with E-state index in [0.717, 1.165) is 0 Å². The molecule has 86 valence electrons. The Bertz CT molecular complexity index is 371. The molecular formula is C8H16N4O2S. The van der Waals surface area contributed by atoms with E-state index in [9.17, 15) is 8.42 Å². The fourth-order valence-electron chi connectivity index (χ4n) is 1.00. The molecule has 0 saturated carbocycles. The second-order valence-corrected chi connectivity index (χ2v) is 5.31. The minimum Gasteiger partial charge on any atom is -0.330 e. The lowest BCUT2D eigenvalue weighted by Crippen LogP contribution is -2.31. The van der Waals surface area contributed by atoms with Crippen molar-refractivity contribution in [2.75, 3.05) is 17.0 Å². The van der Waals surface area contributed by atoms with Gasteiger partial charge in [-0.05, 0) is 0 Å². The summed E-state index contributed by atoms with van der Waals surface area (Å²) < 4.78 is 25.3. The van der Waals surface area contributed by atoms with E-state index < -0.39 is 10.0 Å². The Hall–Kier alpha value is -1.08. The molecule has 0 aromatic carbocycles. The van der Waals surface area contributed by atoms with Gasteiger partial charge in [-0.1, -0.05) is 13.8 Å². The first-order valence-corrected chi connectivity index (χ1v) is 6.38. The first-order valence-electron chi connectivity index (χ1n) is 4.73. The van der Waals surface area contributed by atoms with Crippen LogP contribution in [0.1, 0.15) is 13.8 Å². The van der Waals surface area contributed by atoms with Crippen LogP contribution in [0, 0.1) is 0 Å². The molecule has 0 aliphatic rings. The van der Waals surface area contributed by atoms with Gasteiger partial charge in [0.25, 0.3) is 0 Å². The molecule has 1 heterocycles. The summed E-state index contributed by atoms with van der Waals surface area (Å²) in [7, 11) is -3.31. The summed E-state index contributed by atoms with van der Waals surface area (Å²) in [5.41, 5.74) is 0. The highest BCUT2D eigenvalue weighted by Gasteiger charge is 2.11. The van der Waals surface area contributed by atoms with Gasteiger partial charge in [-0.3, -0.25) is 4.72 Å². The van der Waals surface area contributed by atoms with Crippen molar-refractivity contribution >= 4 is 16.0 Å². The van der Waals surface area contributed by atoms with Crippen LogP contribution in [0.5, 0.6) is 0 Å². The summed E-state index contributed by atoms with van der Waals surface area (Å²) in [6, 6.07) is 0.281. The van der Waals surface area contributed by atoms with Gasteiger partial charge < -0.3 is 10.3 Å². The van der Waals surface area contributed by atoms with Crippen molar-refractivity contribution in [3.63, 3.8) is 0 Å². The molecule has 0 bridgehead atoms. The van der Waals surface area contributed by atoms with Crippen molar-refractivity contribution in [3.05, 3.63) is 12.4 Å². The van der Waals surface area contributed by atoms with Gasteiger partial charge in [0.1, 0.15) is 0 Å². The van der Waals surface area contributed by atoms with Crippen LogP contribution in [0.2, 0.25) is 0 Å². The van der Waals surface area contributed by atoms with E-state index in [1.54, 1.807) is 6.20 Å². The average molecular weight is 232 g/mol. The minimum atomic E-state index is -3.31. The molecule has 0 aliphatic heterocycles. The molecule has 0 amide bonds. The Morgan fingerprint density at radius 3 is 2.80 bits per heavy atom. The van der Waals surface area contributed by atoms with Crippen molar-refractivity contribution in [2.24, 2.45) is 0 Å². The highest BCUT2D eigenvalue weighted by Crippen LogP contribution is 1.99. The zero-order valence-electron chi connectivity index (χ0n) is 8.82. The smallest absolute Gasteiger partial charge is 0.236 e. The quantitative estimate of drug-likeness (QED) is 0.651. The van der Waals surface area contributed by atoms with Crippen LogP contribution in [0.3, 0.4) is 0 Å². The van der Waals surface area contributed by atoms with E-state index in [1.807, 2.05) is 13.8 Å². The Morgan fingerprint density at radius 1 is 1.53 bits per heavy atom. The van der Waals surface area contributed by atoms with Gasteiger partial charge in [0.05, 0.1) is 5.75 Å². The number of aromatic nitrogens is 2. The predicted octanol–water partition coefficient (Wildman–Crippen LogP) is 0.149. The standard InChI is InChI=1S/C8H16N4O2S/c1-7(2)9-5-6-15(13,14)12-8-10-3-4-11-8/h3-4,7,9H,5-6H2,1-2H3,(H2,10,11,12). The molecule has 6 nitrogen and oxygen atoms in total. The van der Waals surface area contributed by atoms with Crippen molar-refractivity contribution < 1.29 is 8.42 Å². The molecule has 0 atom stereocenters. The summed E-state index contributed by atoms with van der Waals surface area (Å²) in [6.45, 7) is 4.35. The molecule has 0 fully saturated rings. The number of nitrogens with zero attached hydrogens (tertiary/aromatic N) is 1. The van der Waals surface area contributed by atoms with Crippen molar-refractivity contribution in [2.45, 2.75) is 19.9 Å². The Balaban J connectivity index is 2.39. The lowest BCUT2D eigenvalue weighted by atomic mass is 10.4. The van der Waals surface area contributed by atoms with E-state index in [1.165, 1.54) is 6.20 Å². The average Bonchev–Trinajstić information content (AvgIpc) is 2.54. The normalized spacial score (nSPS) is 11.9. The van der Waals surface area contributed by atoms with Crippen LogP contribution in [0.25, 0.3) is 0 Å². The maximum absolute atomic E-state index is 11.5. The van der Waals surface area contributed by atoms with E-state index in [-0.39, 0.29) is 17.7 Å². The zero-order valence-corrected chi connectivity index (χ0v) is 9.63. The van der Waals surface area contributed by atoms with Crippen LogP contribution < -0.4 is 10.0 Å². The number of anilines is 1. The highest BCUT2D eigenvalue weighted by molar-refractivity contribution is 7.92. The first-order chi connectivity index (χ1) is 6.99. The third-order valence-corrected chi connectivity index (χ3v) is 2.92. The molecule has 0 radical (unpaired) electrons. The van der Waals surface area contributed by atoms with Crippen molar-refractivity contribution in [3.8, 4) is 0 Å². The Kier molecular flexibility index (Phi) is 4.10. The van der Waals surface area contributed by atoms with Crippen LogP contribution in [0.4, 0.5) is 5.95 Å². The van der Waals surface area contributed by atoms with E-state index in [0.29, 0.717) is 6.54 Å². The lowest BCUT2D eigenvalue weighted by molar-refractivity contribution is 0.581. The maximum atomic E-state index is 11.5. The highest BCUT2D eigenvalue weighted by atomic mass is 32.2. The van der Waals surface area contributed by atoms with Crippen LogP contribution >= 0.6 is 0 Å². The summed E-state index contributed by atoms with van der Waals surface area (Å²) in [4.78, 5) is 6.45. The summed E-state index contributed by atoms with van der Waals surface area (Å²) in [6.07, 6.45) is 3.05. The Morgan fingerprint density at radius 2 is 2.27 bits per heavy atom. The third-order valence-electron chi connectivity index (χ3n) is 1.67. The summed E-state index contributed by atoms with van der Waals surface area (Å²) in [5.74, 6) is 0.283. The van der Waals surface area contributed by atoms with E-state index >= 15 is 0 Å². The molecule has 15 heavy (non-hydrogen) atoms. The number of sulfonamides is 1. The number of H-pyrrole nitrogens is 1. The predicted molar refractivity (Wildman–Crippen MR) is 59.1 cm³/mol. The fourth-order valence-corrected chi connectivity index (χ4v) is 1.90. The molecule has 7 heteroatoms. The van der Waals surface area contributed by atoms with Crippen LogP contribution in [0.15, 0.2) is 12.4 Å². The van der Waals surface area contributed by atoms with Gasteiger partial charge in [-0.25, -0.2) is 13.4 Å². The van der Waals surface area contributed by atoms with Crippen molar-refractivity contribution in [1.29, 1.82) is 0 Å². The maximum Gasteiger partial charge on any atom is 0.236 e. The third kappa shape index (κ3) is 4.80. The second kappa shape index (κ2) is 5.13. The molecule has 0 saturated heterocycles. The van der Waals surface area contributed by atoms with Crippen LogP contribution in [-0.4, -0.2) is 36.7 Å². The minimum absolute atomic E-state index is 0.0336. The Labute approximate surface area is 89.5 Å². The summed E-state index contributed by atoms with van der Waals surface area (Å²) >= 11 is 0. The monoisotopic (exact) mass is 232 g/mol. The van der Waals surface area contributed by atoms with Gasteiger partial charge >= 0.3 is 0 Å². The van der Waals surface area contributed by atoms with Crippen LogP contribution in [-0.2, 0) is 10.0 Å². The van der Waals surface area contributed by atoms with Gasteiger partial charge in [0.15, 0.2) is 0 Å². The molecule has 0 aliphatic carbocycles. The van der Waals surface area contributed by atoms with Gasteiger partial charge in [0, 0.05) is 25.0 Å². The molecule has 3 N–H and O–H groups in total. The lowest BCUT2D eigenvalue weighted by Gasteiger charge is -2.08. The number of hydrogen-bond acceptors (Lipinski definition) is 4. The number of nitrogens with one attached hydrogen (secondary N) is 3. The van der Waals surface area contributed by atoms with Crippen molar-refractivity contribution in [1.82, 2.24) is 15.3 Å². The molecule has 0 spiro atoms. The molecular weight excluding hydrogens is 216 g/mol. The topological polar surface area (TPSA) is 86.9 Å². The fraction of sp³-hybridized carbons (Fsp3) is 0.625. The van der Waals surface area contributed by atoms with Gasteiger partial charge in [0.2, 0.25) is 16.0 Å². The first kappa shape index (κ1) is 12.0. The second-order valence-electron chi connectivity index (χ2n) is 3.47. The molecule has 1 rings (SSSR count). The molecule has 1 aromatic heterocycles. The number of aromatic amines is 1. The SMILES string of the molecule is CC(C)NCCS(=O)(=O)Nc1ncc[nH]1. The van der Waals surface area contributed by atoms with E-state index in [2.05, 4.69) is 20.0 Å². The largest absolute Gasteiger partial charge is 0.330 e. The zero-order chi connectivity index (χ0) is 11.3. The number of imidazole rings is 1. The molecule has 1 aromatic rings. The summed E-state index contributed by atoms with van der Waals surface area (Å²) in [5, 5.41) is 3.03. The number of rotatable bonds is 6. The van der Waals surface area contributed by atoms with E-state index in [4.69, 9.17) is 0 Å². The van der Waals surface area contributed by atoms with Gasteiger partial charge in [-0.15, -0.1) is 0 Å². The molecule has 0 unspecified atom stereocenters. The van der Waals surface area contributed by atoms with Gasteiger partial charge in [-0.2, -0.15) is 0 Å².